The van der Waals surface area contributed by atoms with Gasteiger partial charge in [0.25, 0.3) is 0 Å². The third-order valence-electron chi connectivity index (χ3n) is 4.32. The topological polar surface area (TPSA) is 15.3 Å². The molecular formula is C17H21ClN2S. The molecule has 4 heteroatoms. The zero-order valence-electron chi connectivity index (χ0n) is 12.4. The smallest absolute Gasteiger partial charge is 0.0931 e. The van der Waals surface area contributed by atoms with E-state index in [0.29, 0.717) is 18.1 Å². The van der Waals surface area contributed by atoms with E-state index >= 15 is 0 Å². The molecule has 2 nitrogen and oxygen atoms in total. The molecule has 3 unspecified atom stereocenters. The van der Waals surface area contributed by atoms with Crippen LogP contribution in [0.5, 0.6) is 0 Å². The van der Waals surface area contributed by atoms with Gasteiger partial charge in [0.2, 0.25) is 0 Å². The standard InChI is InChI=1S/C17H21ClN2S/c1-12-10-19-15(14-6-4-3-5-7-14)11-20(12)13(2)16-8-9-17(18)21-16/h3-9,12-13,15,19H,10-11H2,1-2H3. The van der Waals surface area contributed by atoms with E-state index in [1.54, 1.807) is 11.3 Å². The maximum atomic E-state index is 6.09. The van der Waals surface area contributed by atoms with Gasteiger partial charge >= 0.3 is 0 Å². The van der Waals surface area contributed by atoms with Crippen molar-refractivity contribution in [3.8, 4) is 0 Å². The second-order valence-corrected chi connectivity index (χ2v) is 7.48. The minimum Gasteiger partial charge on any atom is -0.307 e. The summed E-state index contributed by atoms with van der Waals surface area (Å²) in [6, 6.07) is 16.2. The highest BCUT2D eigenvalue weighted by Gasteiger charge is 2.30. The van der Waals surface area contributed by atoms with E-state index in [2.05, 4.69) is 60.5 Å². The van der Waals surface area contributed by atoms with Gasteiger partial charge < -0.3 is 5.32 Å². The van der Waals surface area contributed by atoms with Gasteiger partial charge in [-0.25, -0.2) is 0 Å². The molecule has 0 bridgehead atoms. The predicted octanol–water partition coefficient (Wildman–Crippen LogP) is 4.50. The molecule has 2 aromatic rings. The summed E-state index contributed by atoms with van der Waals surface area (Å²) in [6.45, 7) is 6.62. The lowest BCUT2D eigenvalue weighted by Crippen LogP contribution is -2.51. The molecule has 1 aliphatic rings. The summed E-state index contributed by atoms with van der Waals surface area (Å²) in [5, 5.41) is 3.66. The molecule has 1 aromatic carbocycles. The van der Waals surface area contributed by atoms with E-state index in [0.717, 1.165) is 17.4 Å². The second kappa shape index (κ2) is 6.49. The highest BCUT2D eigenvalue weighted by atomic mass is 35.5. The zero-order chi connectivity index (χ0) is 14.8. The van der Waals surface area contributed by atoms with Crippen molar-refractivity contribution in [2.24, 2.45) is 0 Å². The van der Waals surface area contributed by atoms with E-state index < -0.39 is 0 Å². The normalized spacial score (nSPS) is 24.9. The van der Waals surface area contributed by atoms with Crippen LogP contribution in [0, 0.1) is 0 Å². The number of rotatable bonds is 3. The molecule has 0 radical (unpaired) electrons. The largest absolute Gasteiger partial charge is 0.307 e. The van der Waals surface area contributed by atoms with Crippen molar-refractivity contribution in [2.45, 2.75) is 32.0 Å². The number of thiophene rings is 1. The number of benzene rings is 1. The van der Waals surface area contributed by atoms with Gasteiger partial charge in [-0.2, -0.15) is 0 Å². The van der Waals surface area contributed by atoms with E-state index in [4.69, 9.17) is 11.6 Å². The van der Waals surface area contributed by atoms with Gasteiger partial charge in [0.15, 0.2) is 0 Å². The Balaban J connectivity index is 1.77. The second-order valence-electron chi connectivity index (χ2n) is 5.74. The summed E-state index contributed by atoms with van der Waals surface area (Å²) in [4.78, 5) is 3.93. The van der Waals surface area contributed by atoms with Gasteiger partial charge in [-0.3, -0.25) is 4.90 Å². The lowest BCUT2D eigenvalue weighted by Gasteiger charge is -2.42. The quantitative estimate of drug-likeness (QED) is 0.896. The Bertz CT molecular complexity index is 583. The molecule has 1 N–H and O–H groups in total. The van der Waals surface area contributed by atoms with Gasteiger partial charge in [-0.1, -0.05) is 41.9 Å². The molecule has 112 valence electrons. The van der Waals surface area contributed by atoms with Gasteiger partial charge in [0.05, 0.1) is 4.34 Å². The monoisotopic (exact) mass is 320 g/mol. The first kappa shape index (κ1) is 15.0. The van der Waals surface area contributed by atoms with E-state index in [-0.39, 0.29) is 0 Å². The van der Waals surface area contributed by atoms with Crippen LogP contribution in [0.4, 0.5) is 0 Å². The molecule has 1 aliphatic heterocycles. The van der Waals surface area contributed by atoms with Crippen LogP contribution in [0.3, 0.4) is 0 Å². The average molecular weight is 321 g/mol. The van der Waals surface area contributed by atoms with Crippen molar-refractivity contribution in [1.82, 2.24) is 10.2 Å². The Morgan fingerprint density at radius 2 is 2.00 bits per heavy atom. The van der Waals surface area contributed by atoms with Crippen molar-refractivity contribution >= 4 is 22.9 Å². The summed E-state index contributed by atoms with van der Waals surface area (Å²) in [6.07, 6.45) is 0. The Hall–Kier alpha value is -0.870. The number of hydrogen-bond donors (Lipinski definition) is 1. The molecule has 0 spiro atoms. The van der Waals surface area contributed by atoms with Crippen molar-refractivity contribution in [3.63, 3.8) is 0 Å². The first-order valence-corrected chi connectivity index (χ1v) is 8.64. The Kier molecular flexibility index (Phi) is 4.65. The van der Waals surface area contributed by atoms with Crippen LogP contribution in [0.25, 0.3) is 0 Å². The molecule has 3 rings (SSSR count). The van der Waals surface area contributed by atoms with Crippen LogP contribution in [-0.4, -0.2) is 24.0 Å². The molecule has 0 amide bonds. The van der Waals surface area contributed by atoms with E-state index in [9.17, 15) is 0 Å². The molecule has 1 fully saturated rings. The maximum Gasteiger partial charge on any atom is 0.0931 e. The van der Waals surface area contributed by atoms with Crippen LogP contribution in [0.2, 0.25) is 4.34 Å². The summed E-state index contributed by atoms with van der Waals surface area (Å²) >= 11 is 7.78. The highest BCUT2D eigenvalue weighted by Crippen LogP contribution is 2.33. The molecular weight excluding hydrogens is 300 g/mol. The summed E-state index contributed by atoms with van der Waals surface area (Å²) < 4.78 is 0.874. The number of nitrogens with one attached hydrogen (secondary N) is 1. The van der Waals surface area contributed by atoms with Crippen molar-refractivity contribution in [2.75, 3.05) is 13.1 Å². The highest BCUT2D eigenvalue weighted by molar-refractivity contribution is 7.16. The fourth-order valence-corrected chi connectivity index (χ4v) is 4.18. The zero-order valence-corrected chi connectivity index (χ0v) is 14.0. The van der Waals surface area contributed by atoms with E-state index in [1.807, 2.05) is 6.07 Å². The number of nitrogens with zero attached hydrogens (tertiary/aromatic N) is 1. The molecule has 3 atom stereocenters. The Morgan fingerprint density at radius 3 is 2.67 bits per heavy atom. The fourth-order valence-electron chi connectivity index (χ4n) is 3.05. The molecule has 21 heavy (non-hydrogen) atoms. The SMILES string of the molecule is CC1CNC(c2ccccc2)CN1C(C)c1ccc(Cl)s1. The predicted molar refractivity (Wildman–Crippen MR) is 91.1 cm³/mol. The van der Waals surface area contributed by atoms with Gasteiger partial charge in [-0.05, 0) is 31.5 Å². The molecule has 1 aromatic heterocycles. The third-order valence-corrected chi connectivity index (χ3v) is 5.73. The van der Waals surface area contributed by atoms with E-state index in [1.165, 1.54) is 10.4 Å². The number of piperazine rings is 1. The van der Waals surface area contributed by atoms with Gasteiger partial charge in [0.1, 0.15) is 0 Å². The van der Waals surface area contributed by atoms with Crippen molar-refractivity contribution < 1.29 is 0 Å². The Morgan fingerprint density at radius 1 is 1.24 bits per heavy atom. The minimum absolute atomic E-state index is 0.403. The van der Waals surface area contributed by atoms with Crippen LogP contribution < -0.4 is 5.32 Å². The lowest BCUT2D eigenvalue weighted by molar-refractivity contribution is 0.100. The van der Waals surface area contributed by atoms with Gasteiger partial charge in [-0.15, -0.1) is 11.3 Å². The molecule has 1 saturated heterocycles. The van der Waals surface area contributed by atoms with Crippen LogP contribution in [-0.2, 0) is 0 Å². The van der Waals surface area contributed by atoms with Crippen LogP contribution in [0.1, 0.15) is 36.4 Å². The van der Waals surface area contributed by atoms with Crippen molar-refractivity contribution in [1.29, 1.82) is 0 Å². The number of hydrogen-bond acceptors (Lipinski definition) is 3. The lowest BCUT2D eigenvalue weighted by atomic mass is 10.0. The molecule has 0 aliphatic carbocycles. The number of halogens is 1. The van der Waals surface area contributed by atoms with Gasteiger partial charge in [0, 0.05) is 36.1 Å². The fraction of sp³-hybridized carbons (Fsp3) is 0.412. The summed E-state index contributed by atoms with van der Waals surface area (Å²) in [5.41, 5.74) is 1.37. The molecule has 0 saturated carbocycles. The first-order valence-electron chi connectivity index (χ1n) is 7.44. The molecule has 2 heterocycles. The van der Waals surface area contributed by atoms with Crippen LogP contribution in [0.15, 0.2) is 42.5 Å². The minimum atomic E-state index is 0.403. The van der Waals surface area contributed by atoms with Crippen LogP contribution >= 0.6 is 22.9 Å². The average Bonchev–Trinajstić information content (AvgIpc) is 2.94. The maximum absolute atomic E-state index is 6.09. The summed E-state index contributed by atoms with van der Waals surface area (Å²) in [7, 11) is 0. The Labute approximate surface area is 135 Å². The van der Waals surface area contributed by atoms with Crippen molar-refractivity contribution in [3.05, 3.63) is 57.2 Å². The first-order chi connectivity index (χ1) is 10.1. The third kappa shape index (κ3) is 3.32. The summed E-state index contributed by atoms with van der Waals surface area (Å²) in [5.74, 6) is 0.